The Balaban J connectivity index is 2.87. The molecule has 0 saturated heterocycles. The maximum absolute atomic E-state index is 14.0. The number of aromatic nitrogens is 1. The van der Waals surface area contributed by atoms with Crippen molar-refractivity contribution in [2.75, 3.05) is 5.73 Å². The van der Waals surface area contributed by atoms with Crippen LogP contribution < -0.4 is 5.73 Å². The molecule has 4 heteroatoms. The Labute approximate surface area is 105 Å². The Morgan fingerprint density at radius 3 is 2.41 bits per heavy atom. The fourth-order valence-electron chi connectivity index (χ4n) is 2.18. The summed E-state index contributed by atoms with van der Waals surface area (Å²) in [5.74, 6) is 0.397. The van der Waals surface area contributed by atoms with Crippen molar-refractivity contribution in [3.05, 3.63) is 23.0 Å². The molecule has 0 aliphatic carbocycles. The third-order valence-corrected chi connectivity index (χ3v) is 3.80. The zero-order valence-electron chi connectivity index (χ0n) is 10.5. The lowest BCUT2D eigenvalue weighted by molar-refractivity contribution is 0.634. The summed E-state index contributed by atoms with van der Waals surface area (Å²) in [6, 6.07) is 1.64. The van der Waals surface area contributed by atoms with E-state index in [1.807, 2.05) is 0 Å². The Bertz CT molecular complexity index is 558. The second kappa shape index (κ2) is 4.26. The van der Waals surface area contributed by atoms with Crippen molar-refractivity contribution in [3.8, 4) is 0 Å². The molecule has 1 heterocycles. The highest BCUT2D eigenvalue weighted by atomic mass is 32.1. The highest BCUT2D eigenvalue weighted by molar-refractivity contribution is 7.22. The van der Waals surface area contributed by atoms with Crippen LogP contribution in [0.25, 0.3) is 10.2 Å². The highest BCUT2D eigenvalue weighted by Crippen LogP contribution is 2.37. The molecule has 0 bridgehead atoms. The number of nitrogen functional groups attached to an aromatic ring is 1. The van der Waals surface area contributed by atoms with E-state index in [9.17, 15) is 4.39 Å². The van der Waals surface area contributed by atoms with Gasteiger partial charge in [-0.2, -0.15) is 0 Å². The summed E-state index contributed by atoms with van der Waals surface area (Å²) >= 11 is 1.22. The first kappa shape index (κ1) is 12.3. The van der Waals surface area contributed by atoms with Gasteiger partial charge in [0.25, 0.3) is 0 Å². The third kappa shape index (κ3) is 2.02. The van der Waals surface area contributed by atoms with Crippen LogP contribution in [-0.2, 0) is 0 Å². The highest BCUT2D eigenvalue weighted by Gasteiger charge is 2.19. The van der Waals surface area contributed by atoms with Crippen molar-refractivity contribution in [1.82, 2.24) is 4.98 Å². The third-order valence-electron chi connectivity index (χ3n) is 2.91. The number of thiazole rings is 1. The van der Waals surface area contributed by atoms with Crippen LogP contribution in [0.5, 0.6) is 0 Å². The Hall–Kier alpha value is -1.16. The minimum Gasteiger partial charge on any atom is -0.375 e. The van der Waals surface area contributed by atoms with Crippen LogP contribution in [0.4, 0.5) is 9.52 Å². The van der Waals surface area contributed by atoms with Crippen molar-refractivity contribution in [2.24, 2.45) is 0 Å². The van der Waals surface area contributed by atoms with Gasteiger partial charge in [0.2, 0.25) is 0 Å². The number of halogens is 1. The van der Waals surface area contributed by atoms with E-state index in [1.54, 1.807) is 6.07 Å². The van der Waals surface area contributed by atoms with Gasteiger partial charge in [-0.1, -0.05) is 39.0 Å². The lowest BCUT2D eigenvalue weighted by Crippen LogP contribution is -2.01. The molecular weight excluding hydrogens is 235 g/mol. The van der Waals surface area contributed by atoms with Gasteiger partial charge in [0.05, 0.1) is 10.2 Å². The number of anilines is 1. The van der Waals surface area contributed by atoms with Gasteiger partial charge in [-0.15, -0.1) is 0 Å². The molecule has 0 fully saturated rings. The van der Waals surface area contributed by atoms with Crippen molar-refractivity contribution in [1.29, 1.82) is 0 Å². The molecule has 1 aromatic carbocycles. The van der Waals surface area contributed by atoms with E-state index in [-0.39, 0.29) is 11.7 Å². The molecule has 0 radical (unpaired) electrons. The topological polar surface area (TPSA) is 38.9 Å². The van der Waals surface area contributed by atoms with Crippen LogP contribution in [0.2, 0.25) is 0 Å². The maximum Gasteiger partial charge on any atom is 0.181 e. The Morgan fingerprint density at radius 2 is 1.88 bits per heavy atom. The van der Waals surface area contributed by atoms with E-state index < -0.39 is 0 Å². The minimum atomic E-state index is -0.206. The molecule has 0 amide bonds. The van der Waals surface area contributed by atoms with Gasteiger partial charge in [-0.05, 0) is 29.0 Å². The molecule has 0 unspecified atom stereocenters. The zero-order chi connectivity index (χ0) is 12.7. The second-order valence-electron chi connectivity index (χ2n) is 4.90. The molecule has 2 rings (SSSR count). The number of rotatable bonds is 2. The molecule has 0 spiro atoms. The molecule has 17 heavy (non-hydrogen) atoms. The van der Waals surface area contributed by atoms with E-state index in [0.29, 0.717) is 15.7 Å². The minimum absolute atomic E-state index is 0.206. The number of hydrogen-bond donors (Lipinski definition) is 1. The molecule has 1 aromatic heterocycles. The summed E-state index contributed by atoms with van der Waals surface area (Å²) in [4.78, 5) is 4.29. The number of hydrogen-bond acceptors (Lipinski definition) is 3. The molecule has 0 saturated carbocycles. The van der Waals surface area contributed by atoms with Crippen LogP contribution in [-0.4, -0.2) is 4.98 Å². The van der Waals surface area contributed by atoms with Crippen molar-refractivity contribution < 1.29 is 4.39 Å². The van der Waals surface area contributed by atoms with Crippen LogP contribution in [0, 0.1) is 5.82 Å². The zero-order valence-corrected chi connectivity index (χ0v) is 11.4. The van der Waals surface area contributed by atoms with E-state index in [1.165, 1.54) is 11.3 Å². The molecule has 0 atom stereocenters. The summed E-state index contributed by atoms with van der Waals surface area (Å²) < 4.78 is 14.6. The number of fused-ring (bicyclic) bond motifs is 1. The monoisotopic (exact) mass is 252 g/mol. The molecule has 2 nitrogen and oxygen atoms in total. The standard InChI is InChI=1S/C13H17FN2S/c1-6(2)8-5-9(14)12-11(10(8)7(3)4)16-13(15)17-12/h5-7H,1-4H3,(H2,15,16). The fraction of sp³-hybridized carbons (Fsp3) is 0.462. The van der Waals surface area contributed by atoms with Gasteiger partial charge < -0.3 is 5.73 Å². The summed E-state index contributed by atoms with van der Waals surface area (Å²) in [7, 11) is 0. The molecular formula is C13H17FN2S. The number of nitrogens with zero attached hydrogens (tertiary/aromatic N) is 1. The normalized spacial score (nSPS) is 11.9. The first-order valence-corrected chi connectivity index (χ1v) is 6.61. The van der Waals surface area contributed by atoms with Gasteiger partial charge in [0.1, 0.15) is 5.82 Å². The van der Waals surface area contributed by atoms with Crippen molar-refractivity contribution in [2.45, 2.75) is 39.5 Å². The maximum atomic E-state index is 14.0. The SMILES string of the molecule is CC(C)c1cc(F)c2sc(N)nc2c1C(C)C. The first-order chi connectivity index (χ1) is 7.91. The number of benzene rings is 1. The van der Waals surface area contributed by atoms with Crippen molar-refractivity contribution >= 4 is 26.7 Å². The van der Waals surface area contributed by atoms with Crippen LogP contribution in [0.1, 0.15) is 50.7 Å². The average Bonchev–Trinajstić information content (AvgIpc) is 2.58. The lowest BCUT2D eigenvalue weighted by Gasteiger charge is -2.16. The Kier molecular flexibility index (Phi) is 3.08. The molecule has 0 aliphatic heterocycles. The van der Waals surface area contributed by atoms with Crippen LogP contribution in [0.15, 0.2) is 6.07 Å². The predicted molar refractivity (Wildman–Crippen MR) is 72.2 cm³/mol. The van der Waals surface area contributed by atoms with Crippen LogP contribution >= 0.6 is 11.3 Å². The van der Waals surface area contributed by atoms with Crippen molar-refractivity contribution in [3.63, 3.8) is 0 Å². The summed E-state index contributed by atoms with van der Waals surface area (Å²) in [6.07, 6.45) is 0. The van der Waals surface area contributed by atoms with Gasteiger partial charge in [0, 0.05) is 0 Å². The molecule has 0 aliphatic rings. The van der Waals surface area contributed by atoms with E-state index >= 15 is 0 Å². The second-order valence-corrected chi connectivity index (χ2v) is 5.93. The van der Waals surface area contributed by atoms with Crippen LogP contribution in [0.3, 0.4) is 0 Å². The van der Waals surface area contributed by atoms with Gasteiger partial charge in [-0.3, -0.25) is 0 Å². The smallest absolute Gasteiger partial charge is 0.181 e. The predicted octanol–water partition coefficient (Wildman–Crippen LogP) is 4.26. The molecule has 92 valence electrons. The quantitative estimate of drug-likeness (QED) is 0.867. The molecule has 2 N–H and O–H groups in total. The summed E-state index contributed by atoms with van der Waals surface area (Å²) in [5.41, 5.74) is 8.60. The van der Waals surface area contributed by atoms with Gasteiger partial charge >= 0.3 is 0 Å². The molecule has 2 aromatic rings. The van der Waals surface area contributed by atoms with E-state index in [0.717, 1.165) is 16.6 Å². The van der Waals surface area contributed by atoms with E-state index in [4.69, 9.17) is 5.73 Å². The van der Waals surface area contributed by atoms with Gasteiger partial charge in [0.15, 0.2) is 5.13 Å². The lowest BCUT2D eigenvalue weighted by atomic mass is 9.89. The van der Waals surface area contributed by atoms with Gasteiger partial charge in [-0.25, -0.2) is 9.37 Å². The number of nitrogens with two attached hydrogens (primary N) is 1. The average molecular weight is 252 g/mol. The summed E-state index contributed by atoms with van der Waals surface area (Å²) in [6.45, 7) is 8.35. The largest absolute Gasteiger partial charge is 0.375 e. The van der Waals surface area contributed by atoms with E-state index in [2.05, 4.69) is 32.7 Å². The fourth-order valence-corrected chi connectivity index (χ4v) is 2.94. The summed E-state index contributed by atoms with van der Waals surface area (Å²) in [5, 5.41) is 0.432. The Morgan fingerprint density at radius 1 is 1.24 bits per heavy atom. The first-order valence-electron chi connectivity index (χ1n) is 5.80.